The molecule has 39 heavy (non-hydrogen) atoms. The quantitative estimate of drug-likeness (QED) is 0.248. The van der Waals surface area contributed by atoms with Gasteiger partial charge in [0, 0.05) is 12.2 Å². The summed E-state index contributed by atoms with van der Waals surface area (Å²) in [7, 11) is 0. The predicted molar refractivity (Wildman–Crippen MR) is 158 cm³/mol. The molecule has 0 unspecified atom stereocenters. The van der Waals surface area contributed by atoms with Gasteiger partial charge in [-0.05, 0) is 71.8 Å². The van der Waals surface area contributed by atoms with Crippen LogP contribution in [0.2, 0.25) is 0 Å². The van der Waals surface area contributed by atoms with Gasteiger partial charge >= 0.3 is 0 Å². The van der Waals surface area contributed by atoms with Gasteiger partial charge in [-0.15, -0.1) is 0 Å². The Morgan fingerprint density at radius 1 is 0.846 bits per heavy atom. The molecule has 7 heteroatoms. The fourth-order valence-corrected chi connectivity index (χ4v) is 4.99. The number of hydrogen-bond acceptors (Lipinski definition) is 5. The van der Waals surface area contributed by atoms with Gasteiger partial charge in [0.2, 0.25) is 0 Å². The normalized spacial score (nSPS) is 15.1. The maximum Gasteiger partial charge on any atom is 0.266 e. The second kappa shape index (κ2) is 12.8. The number of nitrogens with zero attached hydrogens (tertiary/aromatic N) is 2. The molecule has 0 bridgehead atoms. The van der Waals surface area contributed by atoms with Gasteiger partial charge in [0.15, 0.2) is 11.8 Å². The number of hydrogen-bond donors (Lipinski definition) is 1. The highest BCUT2D eigenvalue weighted by Gasteiger charge is 2.33. The molecule has 4 aromatic rings. The van der Waals surface area contributed by atoms with Gasteiger partial charge in [0.1, 0.15) is 5.75 Å². The first-order valence-electron chi connectivity index (χ1n) is 12.6. The average Bonchev–Trinajstić information content (AvgIpc) is 3.26. The van der Waals surface area contributed by atoms with Gasteiger partial charge in [-0.2, -0.15) is 0 Å². The van der Waals surface area contributed by atoms with E-state index in [-0.39, 0.29) is 18.4 Å². The zero-order chi connectivity index (χ0) is 26.9. The van der Waals surface area contributed by atoms with Crippen LogP contribution < -0.4 is 10.1 Å². The minimum absolute atomic E-state index is 0.0662. The van der Waals surface area contributed by atoms with Crippen LogP contribution in [0.3, 0.4) is 0 Å². The third-order valence-corrected chi connectivity index (χ3v) is 6.95. The molecule has 5 rings (SSSR count). The Hall–Kier alpha value is -4.62. The van der Waals surface area contributed by atoms with Crippen molar-refractivity contribution in [2.24, 2.45) is 4.99 Å². The van der Waals surface area contributed by atoms with Crippen LogP contribution in [-0.4, -0.2) is 35.0 Å². The molecule has 0 spiro atoms. The number of amidine groups is 1. The van der Waals surface area contributed by atoms with Crippen LogP contribution in [0.4, 0.5) is 11.4 Å². The SMILES string of the molecule is O=C(COc1ccc(/C=C2/SC(=Nc3ccccc3)N(CCc3ccccc3)C2=O)cc1)Nc1ccccc1. The summed E-state index contributed by atoms with van der Waals surface area (Å²) in [6, 6.07) is 36.3. The van der Waals surface area contributed by atoms with Gasteiger partial charge in [-0.25, -0.2) is 4.99 Å². The van der Waals surface area contributed by atoms with Crippen molar-refractivity contribution >= 4 is 46.2 Å². The Morgan fingerprint density at radius 3 is 2.18 bits per heavy atom. The molecule has 0 atom stereocenters. The maximum atomic E-state index is 13.4. The smallest absolute Gasteiger partial charge is 0.266 e. The lowest BCUT2D eigenvalue weighted by atomic mass is 10.1. The van der Waals surface area contributed by atoms with Gasteiger partial charge in [-0.1, -0.05) is 78.9 Å². The van der Waals surface area contributed by atoms with Crippen molar-refractivity contribution < 1.29 is 14.3 Å². The third-order valence-electron chi connectivity index (χ3n) is 5.94. The summed E-state index contributed by atoms with van der Waals surface area (Å²) < 4.78 is 5.63. The van der Waals surface area contributed by atoms with E-state index < -0.39 is 0 Å². The number of anilines is 1. The fraction of sp³-hybridized carbons (Fsp3) is 0.0938. The van der Waals surface area contributed by atoms with Crippen LogP contribution in [-0.2, 0) is 16.0 Å². The summed E-state index contributed by atoms with van der Waals surface area (Å²) in [4.78, 5) is 32.7. The van der Waals surface area contributed by atoms with Crippen LogP contribution in [0, 0.1) is 0 Å². The number of rotatable bonds is 9. The molecule has 0 saturated carbocycles. The summed E-state index contributed by atoms with van der Waals surface area (Å²) in [6.07, 6.45) is 2.60. The third kappa shape index (κ3) is 7.24. The second-order valence-corrected chi connectivity index (χ2v) is 9.81. The lowest BCUT2D eigenvalue weighted by Gasteiger charge is -2.15. The molecule has 0 aliphatic carbocycles. The van der Waals surface area contributed by atoms with Gasteiger partial charge in [0.05, 0.1) is 10.6 Å². The Kier molecular flexibility index (Phi) is 8.51. The van der Waals surface area contributed by atoms with Crippen molar-refractivity contribution in [2.45, 2.75) is 6.42 Å². The summed E-state index contributed by atoms with van der Waals surface area (Å²) in [6.45, 7) is 0.441. The lowest BCUT2D eigenvalue weighted by molar-refractivity contribution is -0.122. The average molecular weight is 534 g/mol. The Labute approximate surface area is 232 Å². The first-order chi connectivity index (χ1) is 19.1. The molecule has 2 amide bonds. The fourth-order valence-electron chi connectivity index (χ4n) is 3.97. The van der Waals surface area contributed by atoms with Crippen LogP contribution >= 0.6 is 11.8 Å². The molecule has 1 fully saturated rings. The van der Waals surface area contributed by atoms with E-state index >= 15 is 0 Å². The summed E-state index contributed by atoms with van der Waals surface area (Å²) >= 11 is 1.37. The molecule has 1 saturated heterocycles. The lowest BCUT2D eigenvalue weighted by Crippen LogP contribution is -2.31. The zero-order valence-corrected chi connectivity index (χ0v) is 22.0. The van der Waals surface area contributed by atoms with Crippen molar-refractivity contribution in [3.63, 3.8) is 0 Å². The number of ether oxygens (including phenoxy) is 1. The number of amides is 2. The highest BCUT2D eigenvalue weighted by Crippen LogP contribution is 2.34. The van der Waals surface area contributed by atoms with E-state index in [9.17, 15) is 9.59 Å². The van der Waals surface area contributed by atoms with Crippen LogP contribution in [0.25, 0.3) is 6.08 Å². The van der Waals surface area contributed by atoms with E-state index in [2.05, 4.69) is 17.4 Å². The maximum absolute atomic E-state index is 13.4. The molecule has 1 N–H and O–H groups in total. The first-order valence-corrected chi connectivity index (χ1v) is 13.4. The van der Waals surface area contributed by atoms with E-state index in [0.29, 0.717) is 22.4 Å². The van der Waals surface area contributed by atoms with Crippen molar-refractivity contribution in [1.29, 1.82) is 0 Å². The Balaban J connectivity index is 1.26. The molecule has 1 heterocycles. The number of carbonyl (C=O) groups excluding carboxylic acids is 2. The molecule has 1 aliphatic rings. The summed E-state index contributed by atoms with van der Waals surface area (Å²) in [5.74, 6) is 0.270. The van der Waals surface area contributed by atoms with Gasteiger partial charge < -0.3 is 10.1 Å². The predicted octanol–water partition coefficient (Wildman–Crippen LogP) is 6.55. The molecular weight excluding hydrogens is 506 g/mol. The number of nitrogens with one attached hydrogen (secondary N) is 1. The van der Waals surface area contributed by atoms with Crippen molar-refractivity contribution in [3.8, 4) is 5.75 Å². The van der Waals surface area contributed by atoms with Crippen LogP contribution in [0.15, 0.2) is 125 Å². The monoisotopic (exact) mass is 533 g/mol. The standard InChI is InChI=1S/C32H27N3O3S/c36-30(33-26-12-6-2-7-13-26)23-38-28-18-16-25(17-19-28)22-29-31(37)35(21-20-24-10-4-1-5-11-24)32(39-29)34-27-14-8-3-9-15-27/h1-19,22H,20-21,23H2,(H,33,36)/b29-22+,34-32?. The molecule has 4 aromatic carbocycles. The molecule has 6 nitrogen and oxygen atoms in total. The van der Waals surface area contributed by atoms with Crippen LogP contribution in [0.5, 0.6) is 5.75 Å². The Morgan fingerprint density at radius 2 is 1.49 bits per heavy atom. The molecule has 0 aromatic heterocycles. The number of benzene rings is 4. The highest BCUT2D eigenvalue weighted by atomic mass is 32.2. The van der Waals surface area contributed by atoms with Gasteiger partial charge in [-0.3, -0.25) is 14.5 Å². The summed E-state index contributed by atoms with van der Waals surface area (Å²) in [5.41, 5.74) is 3.55. The van der Waals surface area contributed by atoms with Gasteiger partial charge in [0.25, 0.3) is 11.8 Å². The largest absolute Gasteiger partial charge is 0.484 e. The molecular formula is C32H27N3O3S. The first kappa shape index (κ1) is 26.0. The second-order valence-electron chi connectivity index (χ2n) is 8.80. The highest BCUT2D eigenvalue weighted by molar-refractivity contribution is 8.18. The van der Waals surface area contributed by atoms with E-state index in [0.717, 1.165) is 23.4 Å². The zero-order valence-electron chi connectivity index (χ0n) is 21.2. The molecule has 1 aliphatic heterocycles. The van der Waals surface area contributed by atoms with Crippen molar-refractivity contribution in [2.75, 3.05) is 18.5 Å². The Bertz CT molecular complexity index is 1470. The number of thioether (sulfide) groups is 1. The molecule has 194 valence electrons. The van der Waals surface area contributed by atoms with E-state index in [1.807, 2.05) is 97.1 Å². The number of para-hydroxylation sites is 2. The van der Waals surface area contributed by atoms with Crippen molar-refractivity contribution in [3.05, 3.63) is 131 Å². The van der Waals surface area contributed by atoms with E-state index in [1.54, 1.807) is 17.0 Å². The minimum atomic E-state index is -0.235. The van der Waals surface area contributed by atoms with E-state index in [1.165, 1.54) is 17.3 Å². The van der Waals surface area contributed by atoms with Crippen molar-refractivity contribution in [1.82, 2.24) is 4.90 Å². The molecule has 0 radical (unpaired) electrons. The number of carbonyl (C=O) groups is 2. The van der Waals surface area contributed by atoms with Crippen LogP contribution in [0.1, 0.15) is 11.1 Å². The summed E-state index contributed by atoms with van der Waals surface area (Å²) in [5, 5.41) is 3.46. The number of aliphatic imine (C=N–C) groups is 1. The minimum Gasteiger partial charge on any atom is -0.484 e. The van der Waals surface area contributed by atoms with E-state index in [4.69, 9.17) is 9.73 Å². The topological polar surface area (TPSA) is 71.0 Å².